The van der Waals surface area contributed by atoms with Crippen LogP contribution in [0.2, 0.25) is 0 Å². The van der Waals surface area contributed by atoms with E-state index >= 15 is 0 Å². The van der Waals surface area contributed by atoms with Crippen LogP contribution in [0.25, 0.3) is 0 Å². The lowest BCUT2D eigenvalue weighted by Gasteiger charge is -2.07. The lowest BCUT2D eigenvalue weighted by molar-refractivity contribution is 0.660. The summed E-state index contributed by atoms with van der Waals surface area (Å²) < 4.78 is 1.57. The molecule has 2 rings (SSSR count). The van der Waals surface area contributed by atoms with Gasteiger partial charge < -0.3 is 5.32 Å². The maximum atomic E-state index is 11.5. The third kappa shape index (κ3) is 3.19. The molecule has 0 saturated carbocycles. The quantitative estimate of drug-likeness (QED) is 0.788. The average Bonchev–Trinajstić information content (AvgIpc) is 2.80. The van der Waals surface area contributed by atoms with Crippen molar-refractivity contribution in [2.75, 3.05) is 11.9 Å². The van der Waals surface area contributed by atoms with E-state index in [0.29, 0.717) is 17.6 Å². The zero-order valence-electron chi connectivity index (χ0n) is 11.8. The second-order valence-corrected chi connectivity index (χ2v) is 5.22. The Labute approximate surface area is 121 Å². The summed E-state index contributed by atoms with van der Waals surface area (Å²) in [6, 6.07) is 0. The molecule has 0 bridgehead atoms. The molecule has 0 saturated heterocycles. The lowest BCUT2D eigenvalue weighted by Crippen LogP contribution is -2.16. The highest BCUT2D eigenvalue weighted by Crippen LogP contribution is 2.26. The number of nitrogens with zero attached hydrogens (tertiary/aromatic N) is 4. The Hall–Kier alpha value is -1.83. The van der Waals surface area contributed by atoms with E-state index in [2.05, 4.69) is 32.4 Å². The SMILES string of the molecule is CCCNc1ncc(C)c(Sc2n[nH]c(=O)n2CC)n1. The van der Waals surface area contributed by atoms with Crippen molar-refractivity contribution in [2.45, 2.75) is 43.9 Å². The number of aryl methyl sites for hydroxylation is 1. The van der Waals surface area contributed by atoms with Crippen molar-refractivity contribution in [3.63, 3.8) is 0 Å². The van der Waals surface area contributed by atoms with E-state index in [9.17, 15) is 4.79 Å². The maximum absolute atomic E-state index is 11.5. The van der Waals surface area contributed by atoms with E-state index in [4.69, 9.17) is 0 Å². The molecule has 2 aromatic rings. The Morgan fingerprint density at radius 1 is 1.45 bits per heavy atom. The predicted octanol–water partition coefficient (Wildman–Crippen LogP) is 1.66. The first-order valence-electron chi connectivity index (χ1n) is 6.56. The third-order valence-electron chi connectivity index (χ3n) is 2.69. The normalized spacial score (nSPS) is 10.8. The van der Waals surface area contributed by atoms with Crippen LogP contribution in [0.15, 0.2) is 21.2 Å². The second kappa shape index (κ2) is 6.56. The molecule has 0 atom stereocenters. The van der Waals surface area contributed by atoms with Crippen LogP contribution in [-0.4, -0.2) is 31.3 Å². The molecular formula is C12H18N6OS. The first-order valence-corrected chi connectivity index (χ1v) is 7.37. The van der Waals surface area contributed by atoms with Crippen molar-refractivity contribution in [2.24, 2.45) is 0 Å². The summed E-state index contributed by atoms with van der Waals surface area (Å²) in [5.74, 6) is 0.598. The standard InChI is InChI=1S/C12H18N6OS/c1-4-6-13-10-14-7-8(3)9(15-10)20-12-17-16-11(19)18(12)5-2/h7H,4-6H2,1-3H3,(H,16,19)(H,13,14,15). The van der Waals surface area contributed by atoms with Crippen LogP contribution >= 0.6 is 11.8 Å². The fourth-order valence-electron chi connectivity index (χ4n) is 1.60. The van der Waals surface area contributed by atoms with E-state index in [1.54, 1.807) is 10.8 Å². The number of anilines is 1. The van der Waals surface area contributed by atoms with E-state index in [-0.39, 0.29) is 5.69 Å². The molecule has 0 aromatic carbocycles. The van der Waals surface area contributed by atoms with Crippen LogP contribution in [0.1, 0.15) is 25.8 Å². The molecule has 20 heavy (non-hydrogen) atoms. The maximum Gasteiger partial charge on any atom is 0.343 e. The highest BCUT2D eigenvalue weighted by Gasteiger charge is 2.12. The van der Waals surface area contributed by atoms with Crippen LogP contribution in [-0.2, 0) is 6.54 Å². The van der Waals surface area contributed by atoms with Crippen LogP contribution in [0.3, 0.4) is 0 Å². The first kappa shape index (κ1) is 14.6. The monoisotopic (exact) mass is 294 g/mol. The summed E-state index contributed by atoms with van der Waals surface area (Å²) in [4.78, 5) is 20.2. The molecule has 2 aromatic heterocycles. The summed E-state index contributed by atoms with van der Waals surface area (Å²) in [6.45, 7) is 7.33. The van der Waals surface area contributed by atoms with Gasteiger partial charge in [-0.05, 0) is 32.0 Å². The van der Waals surface area contributed by atoms with Crippen molar-refractivity contribution >= 4 is 17.7 Å². The van der Waals surface area contributed by atoms with Gasteiger partial charge in [-0.3, -0.25) is 4.57 Å². The molecule has 8 heteroatoms. The molecule has 108 valence electrons. The molecule has 0 spiro atoms. The minimum absolute atomic E-state index is 0.203. The van der Waals surface area contributed by atoms with Gasteiger partial charge in [0.05, 0.1) is 0 Å². The third-order valence-corrected chi connectivity index (χ3v) is 3.79. The first-order chi connectivity index (χ1) is 9.65. The number of aromatic nitrogens is 5. The Bertz CT molecular complexity index is 635. The molecule has 0 aliphatic carbocycles. The molecule has 0 fully saturated rings. The number of H-pyrrole nitrogens is 1. The highest BCUT2D eigenvalue weighted by molar-refractivity contribution is 7.99. The van der Waals surface area contributed by atoms with Crippen molar-refractivity contribution < 1.29 is 0 Å². The number of nitrogens with one attached hydrogen (secondary N) is 2. The molecule has 0 aliphatic rings. The van der Waals surface area contributed by atoms with Gasteiger partial charge >= 0.3 is 5.69 Å². The largest absolute Gasteiger partial charge is 0.354 e. The number of hydrogen-bond acceptors (Lipinski definition) is 6. The molecular weight excluding hydrogens is 276 g/mol. The molecule has 0 radical (unpaired) electrons. The highest BCUT2D eigenvalue weighted by atomic mass is 32.2. The minimum Gasteiger partial charge on any atom is -0.354 e. The molecule has 0 unspecified atom stereocenters. The summed E-state index contributed by atoms with van der Waals surface area (Å²) in [6.07, 6.45) is 2.78. The predicted molar refractivity (Wildman–Crippen MR) is 78.2 cm³/mol. The Balaban J connectivity index is 2.25. The summed E-state index contributed by atoms with van der Waals surface area (Å²) in [5.41, 5.74) is 0.751. The fourth-order valence-corrected chi connectivity index (χ4v) is 2.53. The van der Waals surface area contributed by atoms with Crippen LogP contribution < -0.4 is 11.0 Å². The fraction of sp³-hybridized carbons (Fsp3) is 0.500. The molecule has 7 nitrogen and oxygen atoms in total. The van der Waals surface area contributed by atoms with Gasteiger partial charge in [-0.1, -0.05) is 6.92 Å². The van der Waals surface area contributed by atoms with Gasteiger partial charge in [0, 0.05) is 24.8 Å². The van der Waals surface area contributed by atoms with E-state index in [1.807, 2.05) is 13.8 Å². The van der Waals surface area contributed by atoms with Gasteiger partial charge in [-0.25, -0.2) is 19.9 Å². The Morgan fingerprint density at radius 3 is 2.95 bits per heavy atom. The van der Waals surface area contributed by atoms with Crippen molar-refractivity contribution in [3.05, 3.63) is 22.2 Å². The van der Waals surface area contributed by atoms with Gasteiger partial charge in [-0.2, -0.15) is 0 Å². The number of rotatable bonds is 6. The summed E-state index contributed by atoms with van der Waals surface area (Å²) >= 11 is 1.36. The average molecular weight is 294 g/mol. The number of aromatic amines is 1. The van der Waals surface area contributed by atoms with Gasteiger partial charge in [0.25, 0.3) is 0 Å². The second-order valence-electron chi connectivity index (χ2n) is 4.27. The Morgan fingerprint density at radius 2 is 2.25 bits per heavy atom. The molecule has 2 heterocycles. The van der Waals surface area contributed by atoms with Crippen LogP contribution in [0, 0.1) is 6.92 Å². The summed E-state index contributed by atoms with van der Waals surface area (Å²) in [7, 11) is 0. The molecule has 2 N–H and O–H groups in total. The lowest BCUT2D eigenvalue weighted by atomic mass is 10.4. The van der Waals surface area contributed by atoms with Gasteiger partial charge in [0.2, 0.25) is 5.95 Å². The van der Waals surface area contributed by atoms with Crippen molar-refractivity contribution in [1.82, 2.24) is 24.7 Å². The minimum atomic E-state index is -0.203. The number of hydrogen-bond donors (Lipinski definition) is 2. The van der Waals surface area contributed by atoms with E-state index in [1.165, 1.54) is 11.8 Å². The smallest absolute Gasteiger partial charge is 0.343 e. The van der Waals surface area contributed by atoms with Gasteiger partial charge in [0.15, 0.2) is 5.16 Å². The van der Waals surface area contributed by atoms with Gasteiger partial charge in [0.1, 0.15) is 5.03 Å². The summed E-state index contributed by atoms with van der Waals surface area (Å²) in [5, 5.41) is 11.0. The van der Waals surface area contributed by atoms with E-state index < -0.39 is 0 Å². The van der Waals surface area contributed by atoms with Gasteiger partial charge in [-0.15, -0.1) is 5.10 Å². The molecule has 0 amide bonds. The zero-order valence-corrected chi connectivity index (χ0v) is 12.6. The topological polar surface area (TPSA) is 88.5 Å². The van der Waals surface area contributed by atoms with Crippen molar-refractivity contribution in [1.29, 1.82) is 0 Å². The van der Waals surface area contributed by atoms with E-state index in [0.717, 1.165) is 23.6 Å². The van der Waals surface area contributed by atoms with Crippen LogP contribution in [0.4, 0.5) is 5.95 Å². The van der Waals surface area contributed by atoms with Crippen LogP contribution in [0.5, 0.6) is 0 Å². The Kier molecular flexibility index (Phi) is 4.78. The zero-order chi connectivity index (χ0) is 14.5. The van der Waals surface area contributed by atoms with Crippen molar-refractivity contribution in [3.8, 4) is 0 Å². The molecule has 0 aliphatic heterocycles.